The van der Waals surface area contributed by atoms with Crippen molar-refractivity contribution in [1.82, 2.24) is 9.78 Å². The highest BCUT2D eigenvalue weighted by Gasteiger charge is 2.25. The Labute approximate surface area is 224 Å². The number of hydrogen-bond donors (Lipinski definition) is 1. The molecule has 194 valence electrons. The standard InChI is InChI=1S/C31H24FN3O4/c1-20(36)39-31-28(21-11-15-25(16-12-21)33-30(37)23-7-4-3-5-8-23)29(22-13-17-27(38-2)18-14-22)34-35(31)26-10-6-9-24(32)19-26/h3-19H,1-2H3,(H,33,37). The van der Waals surface area contributed by atoms with Crippen LogP contribution in [0, 0.1) is 5.82 Å². The first-order chi connectivity index (χ1) is 18.9. The number of methoxy groups -OCH3 is 1. The fourth-order valence-electron chi connectivity index (χ4n) is 4.14. The van der Waals surface area contributed by atoms with Crippen molar-refractivity contribution >= 4 is 17.6 Å². The summed E-state index contributed by atoms with van der Waals surface area (Å²) in [6, 6.07) is 29.2. The minimum atomic E-state index is -0.554. The molecule has 0 aliphatic carbocycles. The molecule has 0 fully saturated rings. The number of esters is 1. The molecule has 0 bridgehead atoms. The lowest BCUT2D eigenvalue weighted by atomic mass is 10.0. The molecule has 39 heavy (non-hydrogen) atoms. The molecule has 5 aromatic rings. The Hall–Kier alpha value is -5.24. The number of aromatic nitrogens is 2. The largest absolute Gasteiger partial charge is 0.497 e. The quantitative estimate of drug-likeness (QED) is 0.246. The third-order valence-corrected chi connectivity index (χ3v) is 5.97. The van der Waals surface area contributed by atoms with Gasteiger partial charge in [0, 0.05) is 23.7 Å². The third kappa shape index (κ3) is 5.55. The Balaban J connectivity index is 1.62. The van der Waals surface area contributed by atoms with Crippen molar-refractivity contribution in [2.75, 3.05) is 12.4 Å². The second-order valence-corrected chi connectivity index (χ2v) is 8.64. The molecule has 0 aliphatic rings. The van der Waals surface area contributed by atoms with Gasteiger partial charge in [-0.3, -0.25) is 9.59 Å². The minimum Gasteiger partial charge on any atom is -0.497 e. The van der Waals surface area contributed by atoms with E-state index in [9.17, 15) is 14.0 Å². The smallest absolute Gasteiger partial charge is 0.309 e. The van der Waals surface area contributed by atoms with E-state index < -0.39 is 11.8 Å². The molecule has 1 heterocycles. The summed E-state index contributed by atoms with van der Waals surface area (Å²) in [5.41, 5.74) is 3.97. The molecule has 1 amide bonds. The van der Waals surface area contributed by atoms with Gasteiger partial charge in [0.15, 0.2) is 0 Å². The van der Waals surface area contributed by atoms with Crippen LogP contribution in [0.2, 0.25) is 0 Å². The summed E-state index contributed by atoms with van der Waals surface area (Å²) in [5.74, 6) is -0.435. The molecule has 5 rings (SSSR count). The number of carbonyl (C=O) groups is 2. The fraction of sp³-hybridized carbons (Fsp3) is 0.0645. The van der Waals surface area contributed by atoms with E-state index >= 15 is 0 Å². The summed E-state index contributed by atoms with van der Waals surface area (Å²) in [5, 5.41) is 7.63. The van der Waals surface area contributed by atoms with Crippen LogP contribution in [0.5, 0.6) is 11.6 Å². The molecule has 0 aliphatic heterocycles. The molecule has 7 nitrogen and oxygen atoms in total. The lowest BCUT2D eigenvalue weighted by Gasteiger charge is -2.11. The second kappa shape index (κ2) is 11.0. The van der Waals surface area contributed by atoms with Crippen LogP contribution in [-0.2, 0) is 4.79 Å². The van der Waals surface area contributed by atoms with E-state index in [1.807, 2.05) is 18.2 Å². The van der Waals surface area contributed by atoms with Gasteiger partial charge in [-0.05, 0) is 72.3 Å². The van der Waals surface area contributed by atoms with Gasteiger partial charge < -0.3 is 14.8 Å². The van der Waals surface area contributed by atoms with Crippen LogP contribution in [0.25, 0.3) is 28.1 Å². The van der Waals surface area contributed by atoms with Crippen molar-refractivity contribution in [1.29, 1.82) is 0 Å². The van der Waals surface area contributed by atoms with E-state index in [1.54, 1.807) is 79.9 Å². The molecule has 0 atom stereocenters. The molecule has 0 saturated carbocycles. The van der Waals surface area contributed by atoms with Crippen LogP contribution >= 0.6 is 0 Å². The van der Waals surface area contributed by atoms with Crippen molar-refractivity contribution in [2.45, 2.75) is 6.92 Å². The second-order valence-electron chi connectivity index (χ2n) is 8.64. The van der Waals surface area contributed by atoms with Crippen LogP contribution in [-0.4, -0.2) is 28.8 Å². The van der Waals surface area contributed by atoms with Gasteiger partial charge in [-0.15, -0.1) is 0 Å². The summed E-state index contributed by atoms with van der Waals surface area (Å²) < 4.78 is 26.5. The maximum absolute atomic E-state index is 14.2. The summed E-state index contributed by atoms with van der Waals surface area (Å²) >= 11 is 0. The van der Waals surface area contributed by atoms with E-state index in [0.29, 0.717) is 39.5 Å². The lowest BCUT2D eigenvalue weighted by molar-refractivity contribution is -0.132. The van der Waals surface area contributed by atoms with Gasteiger partial charge in [0.1, 0.15) is 17.3 Å². The maximum atomic E-state index is 14.2. The van der Waals surface area contributed by atoms with Crippen LogP contribution in [0.15, 0.2) is 103 Å². The molecular formula is C31H24FN3O4. The number of halogens is 1. The molecular weight excluding hydrogens is 497 g/mol. The fourth-order valence-corrected chi connectivity index (χ4v) is 4.14. The van der Waals surface area contributed by atoms with E-state index in [0.717, 1.165) is 5.56 Å². The van der Waals surface area contributed by atoms with Crippen LogP contribution < -0.4 is 14.8 Å². The molecule has 0 radical (unpaired) electrons. The zero-order valence-electron chi connectivity index (χ0n) is 21.2. The Kier molecular flexibility index (Phi) is 7.18. The molecule has 4 aromatic carbocycles. The predicted octanol–water partition coefficient (Wildman–Crippen LogP) is 6.53. The summed E-state index contributed by atoms with van der Waals surface area (Å²) in [6.45, 7) is 1.29. The summed E-state index contributed by atoms with van der Waals surface area (Å²) in [4.78, 5) is 24.8. The van der Waals surface area contributed by atoms with E-state index in [4.69, 9.17) is 14.6 Å². The van der Waals surface area contributed by atoms with Crippen LogP contribution in [0.4, 0.5) is 10.1 Å². The Bertz CT molecular complexity index is 1630. The van der Waals surface area contributed by atoms with Gasteiger partial charge in [-0.2, -0.15) is 9.78 Å². The molecule has 1 N–H and O–H groups in total. The Morgan fingerprint density at radius 1 is 0.846 bits per heavy atom. The minimum absolute atomic E-state index is 0.139. The first-order valence-electron chi connectivity index (χ1n) is 12.1. The van der Waals surface area contributed by atoms with E-state index in [-0.39, 0.29) is 11.8 Å². The number of amides is 1. The first-order valence-corrected chi connectivity index (χ1v) is 12.1. The van der Waals surface area contributed by atoms with Crippen molar-refractivity contribution in [2.24, 2.45) is 0 Å². The Morgan fingerprint density at radius 3 is 2.18 bits per heavy atom. The predicted molar refractivity (Wildman–Crippen MR) is 147 cm³/mol. The van der Waals surface area contributed by atoms with Gasteiger partial charge in [0.05, 0.1) is 18.4 Å². The highest BCUT2D eigenvalue weighted by molar-refractivity contribution is 6.04. The van der Waals surface area contributed by atoms with Gasteiger partial charge in [-0.25, -0.2) is 4.39 Å². The number of ether oxygens (including phenoxy) is 2. The highest BCUT2D eigenvalue weighted by Crippen LogP contribution is 2.41. The van der Waals surface area contributed by atoms with Gasteiger partial charge in [-0.1, -0.05) is 36.4 Å². The molecule has 8 heteroatoms. The molecule has 0 saturated heterocycles. The Morgan fingerprint density at radius 2 is 1.54 bits per heavy atom. The topological polar surface area (TPSA) is 82.4 Å². The number of carbonyl (C=O) groups excluding carboxylic acids is 2. The number of rotatable bonds is 7. The number of hydrogen-bond acceptors (Lipinski definition) is 5. The summed E-state index contributed by atoms with van der Waals surface area (Å²) in [6.07, 6.45) is 0. The SMILES string of the molecule is COc1ccc(-c2nn(-c3cccc(F)c3)c(OC(C)=O)c2-c2ccc(NC(=O)c3ccccc3)cc2)cc1. The molecule has 0 spiro atoms. The first kappa shape index (κ1) is 25.4. The van der Waals surface area contributed by atoms with Gasteiger partial charge in [0.2, 0.25) is 5.88 Å². The van der Waals surface area contributed by atoms with E-state index in [2.05, 4.69) is 5.32 Å². The molecule has 1 aromatic heterocycles. The normalized spacial score (nSPS) is 10.6. The molecule has 0 unspecified atom stereocenters. The zero-order valence-corrected chi connectivity index (χ0v) is 21.2. The number of nitrogens with zero attached hydrogens (tertiary/aromatic N) is 2. The van der Waals surface area contributed by atoms with Crippen molar-refractivity contribution in [3.05, 3.63) is 115 Å². The number of nitrogens with one attached hydrogen (secondary N) is 1. The van der Waals surface area contributed by atoms with Gasteiger partial charge in [0.25, 0.3) is 5.91 Å². The van der Waals surface area contributed by atoms with Crippen LogP contribution in [0.1, 0.15) is 17.3 Å². The lowest BCUT2D eigenvalue weighted by Crippen LogP contribution is -2.11. The van der Waals surface area contributed by atoms with Gasteiger partial charge >= 0.3 is 5.97 Å². The number of anilines is 1. The van der Waals surface area contributed by atoms with E-state index in [1.165, 1.54) is 23.7 Å². The summed E-state index contributed by atoms with van der Waals surface area (Å²) in [7, 11) is 1.58. The third-order valence-electron chi connectivity index (χ3n) is 5.97. The van der Waals surface area contributed by atoms with Crippen molar-refractivity contribution < 1.29 is 23.5 Å². The van der Waals surface area contributed by atoms with Crippen LogP contribution in [0.3, 0.4) is 0 Å². The number of benzene rings is 4. The maximum Gasteiger partial charge on any atom is 0.309 e. The average molecular weight is 522 g/mol. The monoisotopic (exact) mass is 521 g/mol. The highest BCUT2D eigenvalue weighted by atomic mass is 19.1. The average Bonchev–Trinajstić information content (AvgIpc) is 3.32. The zero-order chi connectivity index (χ0) is 27.4. The van der Waals surface area contributed by atoms with Crippen molar-refractivity contribution in [3.8, 4) is 39.7 Å². The van der Waals surface area contributed by atoms with Crippen molar-refractivity contribution in [3.63, 3.8) is 0 Å².